The summed E-state index contributed by atoms with van der Waals surface area (Å²) in [6, 6.07) is 31.3. The molecule has 7 heteroatoms. The lowest BCUT2D eigenvalue weighted by atomic mass is 10.1. The number of benzene rings is 4. The first-order valence-electron chi connectivity index (χ1n) is 12.8. The highest BCUT2D eigenvalue weighted by atomic mass is 79.9. The fourth-order valence-electron chi connectivity index (χ4n) is 4.83. The topological polar surface area (TPSA) is 64.4 Å². The van der Waals surface area contributed by atoms with Gasteiger partial charge in [0.2, 0.25) is 0 Å². The molecule has 39 heavy (non-hydrogen) atoms. The van der Waals surface area contributed by atoms with Gasteiger partial charge in [0, 0.05) is 16.6 Å². The van der Waals surface area contributed by atoms with E-state index in [9.17, 15) is 9.59 Å². The normalized spacial score (nSPS) is 11.8. The van der Waals surface area contributed by atoms with Gasteiger partial charge in [0.15, 0.2) is 0 Å². The lowest BCUT2D eigenvalue weighted by molar-refractivity contribution is 0.0640. The van der Waals surface area contributed by atoms with E-state index in [1.807, 2.05) is 91.9 Å². The Morgan fingerprint density at radius 1 is 0.923 bits per heavy atom. The molecule has 6 nitrogen and oxygen atoms in total. The molecule has 0 aliphatic rings. The molecule has 0 saturated heterocycles. The van der Waals surface area contributed by atoms with E-state index in [-0.39, 0.29) is 11.5 Å². The predicted octanol–water partition coefficient (Wildman–Crippen LogP) is 6.95. The van der Waals surface area contributed by atoms with E-state index in [1.54, 1.807) is 34.8 Å². The first kappa shape index (κ1) is 26.4. The maximum Gasteiger partial charge on any atom is 0.266 e. The van der Waals surface area contributed by atoms with E-state index in [4.69, 9.17) is 9.72 Å². The minimum atomic E-state index is -0.511. The largest absolute Gasteiger partial charge is 0.495 e. The molecule has 4 aromatic carbocycles. The smallest absolute Gasteiger partial charge is 0.266 e. The molecule has 0 N–H and O–H groups in total. The molecule has 1 aromatic heterocycles. The van der Waals surface area contributed by atoms with Crippen LogP contribution in [0.1, 0.15) is 41.1 Å². The number of hydrogen-bond donors (Lipinski definition) is 0. The van der Waals surface area contributed by atoms with Crippen molar-refractivity contribution in [2.24, 2.45) is 0 Å². The summed E-state index contributed by atoms with van der Waals surface area (Å²) in [5, 5.41) is 0.496. The SMILES string of the molecule is CCC(c1nc2ccccc2c(=O)n1-c1ccccc1OC)N(Cc1ccccc1)C(=O)c1ccc(Br)cc1. The zero-order chi connectivity index (χ0) is 27.4. The number of carbonyl (C=O) groups is 1. The first-order chi connectivity index (χ1) is 19.0. The van der Waals surface area contributed by atoms with Gasteiger partial charge in [-0.25, -0.2) is 4.98 Å². The van der Waals surface area contributed by atoms with Crippen molar-refractivity contribution in [3.8, 4) is 11.4 Å². The number of carbonyl (C=O) groups excluding carboxylic acids is 1. The standard InChI is InChI=1S/C32H28BrN3O3/c1-3-27(35(21-22-11-5-4-6-12-22)31(37)23-17-19-24(33)20-18-23)30-34-26-14-8-7-13-25(26)32(38)36(30)28-15-9-10-16-29(28)39-2/h4-20,27H,3,21H2,1-2H3. The summed E-state index contributed by atoms with van der Waals surface area (Å²) in [7, 11) is 1.58. The number of methoxy groups -OCH3 is 1. The van der Waals surface area contributed by atoms with Crippen LogP contribution in [-0.2, 0) is 6.54 Å². The summed E-state index contributed by atoms with van der Waals surface area (Å²) in [4.78, 5) is 35.0. The Bertz CT molecular complexity index is 1670. The Labute approximate surface area is 235 Å². The minimum Gasteiger partial charge on any atom is -0.495 e. The molecule has 0 aliphatic carbocycles. The zero-order valence-corrected chi connectivity index (χ0v) is 23.3. The number of ether oxygens (including phenoxy) is 1. The van der Waals surface area contributed by atoms with Crippen molar-refractivity contribution in [1.82, 2.24) is 14.5 Å². The van der Waals surface area contributed by atoms with Crippen LogP contribution in [0.3, 0.4) is 0 Å². The Balaban J connectivity index is 1.75. The molecule has 0 fully saturated rings. The maximum absolute atomic E-state index is 14.1. The fourth-order valence-corrected chi connectivity index (χ4v) is 5.09. The summed E-state index contributed by atoms with van der Waals surface area (Å²) in [6.45, 7) is 2.36. The quantitative estimate of drug-likeness (QED) is 0.199. The van der Waals surface area contributed by atoms with Crippen molar-refractivity contribution in [2.45, 2.75) is 25.9 Å². The van der Waals surface area contributed by atoms with Crippen LogP contribution in [0.4, 0.5) is 0 Å². The number of halogens is 1. The van der Waals surface area contributed by atoms with Crippen LogP contribution >= 0.6 is 15.9 Å². The van der Waals surface area contributed by atoms with Gasteiger partial charge in [-0.3, -0.25) is 14.2 Å². The zero-order valence-electron chi connectivity index (χ0n) is 21.8. The average Bonchev–Trinajstić information content (AvgIpc) is 2.98. The van der Waals surface area contributed by atoms with Gasteiger partial charge in [0.25, 0.3) is 11.5 Å². The summed E-state index contributed by atoms with van der Waals surface area (Å²) in [5.41, 5.74) is 2.48. The van der Waals surface area contributed by atoms with Crippen LogP contribution in [0.25, 0.3) is 16.6 Å². The molecule has 0 radical (unpaired) electrons. The number of fused-ring (bicyclic) bond motifs is 1. The second-order valence-corrected chi connectivity index (χ2v) is 10.1. The molecule has 1 heterocycles. The lowest BCUT2D eigenvalue weighted by Gasteiger charge is -2.33. The van der Waals surface area contributed by atoms with Crippen molar-refractivity contribution < 1.29 is 9.53 Å². The molecule has 5 rings (SSSR count). The molecular weight excluding hydrogens is 554 g/mol. The molecular formula is C32H28BrN3O3. The molecule has 1 amide bonds. The number of aromatic nitrogens is 2. The van der Waals surface area contributed by atoms with Crippen LogP contribution in [0.2, 0.25) is 0 Å². The number of nitrogens with zero attached hydrogens (tertiary/aromatic N) is 3. The van der Waals surface area contributed by atoms with E-state index in [1.165, 1.54) is 0 Å². The molecule has 196 valence electrons. The number of para-hydroxylation sites is 3. The van der Waals surface area contributed by atoms with Gasteiger partial charge in [-0.2, -0.15) is 0 Å². The van der Waals surface area contributed by atoms with E-state index in [2.05, 4.69) is 15.9 Å². The second kappa shape index (κ2) is 11.7. The number of rotatable bonds is 8. The Morgan fingerprint density at radius 3 is 2.31 bits per heavy atom. The third-order valence-electron chi connectivity index (χ3n) is 6.74. The second-order valence-electron chi connectivity index (χ2n) is 9.15. The van der Waals surface area contributed by atoms with Crippen LogP contribution in [-0.4, -0.2) is 27.5 Å². The van der Waals surface area contributed by atoms with Crippen molar-refractivity contribution >= 4 is 32.7 Å². The van der Waals surface area contributed by atoms with Crippen molar-refractivity contribution in [3.05, 3.63) is 135 Å². The number of hydrogen-bond acceptors (Lipinski definition) is 4. The van der Waals surface area contributed by atoms with Gasteiger partial charge in [-0.05, 0) is 60.5 Å². The highest BCUT2D eigenvalue weighted by Gasteiger charge is 2.30. The fraction of sp³-hybridized carbons (Fsp3) is 0.156. The Kier molecular flexibility index (Phi) is 7.89. The van der Waals surface area contributed by atoms with E-state index in [0.29, 0.717) is 46.7 Å². The van der Waals surface area contributed by atoms with Crippen LogP contribution in [0, 0.1) is 0 Å². The molecule has 0 aliphatic heterocycles. The molecule has 0 spiro atoms. The van der Waals surface area contributed by atoms with Crippen molar-refractivity contribution in [3.63, 3.8) is 0 Å². The van der Waals surface area contributed by atoms with E-state index < -0.39 is 6.04 Å². The molecule has 1 unspecified atom stereocenters. The highest BCUT2D eigenvalue weighted by molar-refractivity contribution is 9.10. The van der Waals surface area contributed by atoms with Gasteiger partial charge < -0.3 is 9.64 Å². The summed E-state index contributed by atoms with van der Waals surface area (Å²) < 4.78 is 8.14. The monoisotopic (exact) mass is 581 g/mol. The van der Waals surface area contributed by atoms with Gasteiger partial charge in [-0.1, -0.05) is 77.5 Å². The third-order valence-corrected chi connectivity index (χ3v) is 7.27. The van der Waals surface area contributed by atoms with Gasteiger partial charge >= 0.3 is 0 Å². The van der Waals surface area contributed by atoms with Crippen LogP contribution < -0.4 is 10.3 Å². The Morgan fingerprint density at radius 2 is 1.59 bits per heavy atom. The molecule has 5 aromatic rings. The van der Waals surface area contributed by atoms with Gasteiger partial charge in [-0.15, -0.1) is 0 Å². The lowest BCUT2D eigenvalue weighted by Crippen LogP contribution is -2.38. The summed E-state index contributed by atoms with van der Waals surface area (Å²) in [5.74, 6) is 0.876. The molecule has 0 saturated carbocycles. The molecule has 1 atom stereocenters. The van der Waals surface area contributed by atoms with Crippen molar-refractivity contribution in [1.29, 1.82) is 0 Å². The minimum absolute atomic E-state index is 0.146. The van der Waals surface area contributed by atoms with Gasteiger partial charge in [0.05, 0.1) is 29.7 Å². The van der Waals surface area contributed by atoms with Crippen molar-refractivity contribution in [2.75, 3.05) is 7.11 Å². The predicted molar refractivity (Wildman–Crippen MR) is 157 cm³/mol. The molecule has 0 bridgehead atoms. The average molecular weight is 582 g/mol. The summed E-state index contributed by atoms with van der Waals surface area (Å²) >= 11 is 3.46. The first-order valence-corrected chi connectivity index (χ1v) is 13.6. The van der Waals surface area contributed by atoms with Gasteiger partial charge in [0.1, 0.15) is 11.6 Å². The third kappa shape index (κ3) is 5.36. The van der Waals surface area contributed by atoms with Crippen LogP contribution in [0.15, 0.2) is 112 Å². The van der Waals surface area contributed by atoms with E-state index in [0.717, 1.165) is 10.0 Å². The number of amides is 1. The Hall–Kier alpha value is -4.23. The maximum atomic E-state index is 14.1. The highest BCUT2D eigenvalue weighted by Crippen LogP contribution is 2.31. The van der Waals surface area contributed by atoms with Crippen LogP contribution in [0.5, 0.6) is 5.75 Å². The summed E-state index contributed by atoms with van der Waals surface area (Å²) in [6.07, 6.45) is 0.537. The van der Waals surface area contributed by atoms with E-state index >= 15 is 0 Å².